The van der Waals surface area contributed by atoms with E-state index in [9.17, 15) is 9.59 Å². The third kappa shape index (κ3) is 5.55. The first-order valence-corrected chi connectivity index (χ1v) is 11.2. The van der Waals surface area contributed by atoms with E-state index in [0.29, 0.717) is 12.5 Å². The van der Waals surface area contributed by atoms with E-state index in [0.717, 1.165) is 60.2 Å². The molecule has 4 rings (SSSR count). The molecule has 1 atom stereocenters. The lowest BCUT2D eigenvalue weighted by Gasteiger charge is -2.07. The zero-order chi connectivity index (χ0) is 21.6. The van der Waals surface area contributed by atoms with E-state index >= 15 is 0 Å². The summed E-state index contributed by atoms with van der Waals surface area (Å²) in [5, 5.41) is 1.86. The molecule has 0 aliphatic carbocycles. The number of hydrogen-bond donors (Lipinski definition) is 1. The maximum absolute atomic E-state index is 11.6. The minimum atomic E-state index is -0.234. The van der Waals surface area contributed by atoms with Crippen molar-refractivity contribution in [3.05, 3.63) is 71.6 Å². The fourth-order valence-electron chi connectivity index (χ4n) is 3.41. The molecule has 160 valence electrons. The van der Waals surface area contributed by atoms with Gasteiger partial charge in [0.05, 0.1) is 5.25 Å². The van der Waals surface area contributed by atoms with Crippen LogP contribution in [0.25, 0.3) is 11.5 Å². The molecule has 1 unspecified atom stereocenters. The van der Waals surface area contributed by atoms with E-state index in [1.807, 2.05) is 49.4 Å². The summed E-state index contributed by atoms with van der Waals surface area (Å²) in [6.07, 6.45) is 3.53. The molecule has 0 radical (unpaired) electrons. The Bertz CT molecular complexity index is 1050. The second-order valence-electron chi connectivity index (χ2n) is 7.45. The van der Waals surface area contributed by atoms with Crippen LogP contribution < -0.4 is 10.1 Å². The van der Waals surface area contributed by atoms with Crippen molar-refractivity contribution < 1.29 is 18.7 Å². The standard InChI is InChI=1S/C24H24N2O4S/c1-16-20(25-23(30-16)18-8-3-2-4-9-18)15-29-19-13-11-17(12-14-19)7-5-6-10-21-22(27)26-24(28)31-21/h2-4,8-9,11-14,21H,5-7,10,15H2,1H3,(H,26,27,28). The van der Waals surface area contributed by atoms with E-state index in [2.05, 4.69) is 22.4 Å². The summed E-state index contributed by atoms with van der Waals surface area (Å²) in [6.45, 7) is 2.24. The number of thioether (sulfide) groups is 1. The van der Waals surface area contributed by atoms with Gasteiger partial charge in [-0.25, -0.2) is 4.98 Å². The number of amides is 2. The molecule has 1 aliphatic rings. The predicted octanol–water partition coefficient (Wildman–Crippen LogP) is 5.29. The maximum Gasteiger partial charge on any atom is 0.286 e. The highest BCUT2D eigenvalue weighted by Gasteiger charge is 2.30. The fraction of sp³-hybridized carbons (Fsp3) is 0.292. The number of carbonyl (C=O) groups excluding carboxylic acids is 2. The minimum Gasteiger partial charge on any atom is -0.487 e. The van der Waals surface area contributed by atoms with Crippen LogP contribution in [0.3, 0.4) is 0 Å². The van der Waals surface area contributed by atoms with Gasteiger partial charge in [0.25, 0.3) is 5.24 Å². The molecule has 0 spiro atoms. The summed E-state index contributed by atoms with van der Waals surface area (Å²) < 4.78 is 11.7. The normalized spacial score (nSPS) is 15.8. The average molecular weight is 437 g/mol. The van der Waals surface area contributed by atoms with Crippen molar-refractivity contribution in [2.45, 2.75) is 44.5 Å². The summed E-state index contributed by atoms with van der Waals surface area (Å²) in [7, 11) is 0. The molecule has 2 amide bonds. The number of benzene rings is 2. The Morgan fingerprint density at radius 3 is 2.55 bits per heavy atom. The lowest BCUT2D eigenvalue weighted by atomic mass is 10.1. The van der Waals surface area contributed by atoms with E-state index < -0.39 is 0 Å². The minimum absolute atomic E-state index is 0.158. The van der Waals surface area contributed by atoms with Crippen LogP contribution in [0.2, 0.25) is 0 Å². The summed E-state index contributed by atoms with van der Waals surface area (Å²) in [5.74, 6) is 1.98. The quantitative estimate of drug-likeness (QED) is 0.459. The Morgan fingerprint density at radius 1 is 1.06 bits per heavy atom. The van der Waals surface area contributed by atoms with Crippen LogP contribution in [0.15, 0.2) is 59.0 Å². The van der Waals surface area contributed by atoms with Gasteiger partial charge in [-0.1, -0.05) is 48.5 Å². The number of ether oxygens (including phenoxy) is 1. The second kappa shape index (κ2) is 9.83. The van der Waals surface area contributed by atoms with Crippen LogP contribution in [0.1, 0.15) is 36.3 Å². The van der Waals surface area contributed by atoms with Crippen molar-refractivity contribution in [3.63, 3.8) is 0 Å². The predicted molar refractivity (Wildman–Crippen MR) is 120 cm³/mol. The molecule has 7 heteroatoms. The number of aryl methyl sites for hydroxylation is 2. The molecular formula is C24H24N2O4S. The number of oxazole rings is 1. The molecule has 2 heterocycles. The van der Waals surface area contributed by atoms with Crippen LogP contribution in [0, 0.1) is 6.92 Å². The van der Waals surface area contributed by atoms with Gasteiger partial charge in [-0.05, 0) is 56.0 Å². The highest BCUT2D eigenvalue weighted by Crippen LogP contribution is 2.25. The maximum atomic E-state index is 11.6. The number of imide groups is 1. The molecular weight excluding hydrogens is 412 g/mol. The van der Waals surface area contributed by atoms with Gasteiger partial charge >= 0.3 is 0 Å². The van der Waals surface area contributed by atoms with Crippen molar-refractivity contribution in [1.82, 2.24) is 10.3 Å². The molecule has 0 bridgehead atoms. The summed E-state index contributed by atoms with van der Waals surface area (Å²) in [4.78, 5) is 27.3. The molecule has 1 aliphatic heterocycles. The van der Waals surface area contributed by atoms with Crippen molar-refractivity contribution in [2.24, 2.45) is 0 Å². The molecule has 0 saturated carbocycles. The molecule has 6 nitrogen and oxygen atoms in total. The summed E-state index contributed by atoms with van der Waals surface area (Å²) >= 11 is 1.10. The Kier molecular flexibility index (Phi) is 6.72. The van der Waals surface area contributed by atoms with Crippen LogP contribution in [-0.2, 0) is 17.8 Å². The van der Waals surface area contributed by atoms with Gasteiger partial charge in [0.15, 0.2) is 0 Å². The molecule has 1 fully saturated rings. The van der Waals surface area contributed by atoms with Gasteiger partial charge in [-0.2, -0.15) is 0 Å². The van der Waals surface area contributed by atoms with Crippen molar-refractivity contribution in [3.8, 4) is 17.2 Å². The van der Waals surface area contributed by atoms with Gasteiger partial charge in [0, 0.05) is 5.56 Å². The van der Waals surface area contributed by atoms with Gasteiger partial charge in [-0.3, -0.25) is 14.9 Å². The second-order valence-corrected chi connectivity index (χ2v) is 8.63. The highest BCUT2D eigenvalue weighted by atomic mass is 32.2. The van der Waals surface area contributed by atoms with Crippen LogP contribution in [0.4, 0.5) is 4.79 Å². The van der Waals surface area contributed by atoms with Gasteiger partial charge < -0.3 is 9.15 Å². The zero-order valence-electron chi connectivity index (χ0n) is 17.3. The topological polar surface area (TPSA) is 81.4 Å². The lowest BCUT2D eigenvalue weighted by molar-refractivity contribution is -0.119. The highest BCUT2D eigenvalue weighted by molar-refractivity contribution is 8.15. The molecule has 2 aromatic carbocycles. The molecule has 31 heavy (non-hydrogen) atoms. The van der Waals surface area contributed by atoms with Crippen LogP contribution in [-0.4, -0.2) is 21.4 Å². The number of nitrogens with zero attached hydrogens (tertiary/aromatic N) is 1. The van der Waals surface area contributed by atoms with Gasteiger partial charge in [0.1, 0.15) is 23.8 Å². The number of carbonyl (C=O) groups is 2. The first kappa shape index (κ1) is 21.2. The molecule has 1 saturated heterocycles. The number of aromatic nitrogens is 1. The third-order valence-electron chi connectivity index (χ3n) is 5.16. The Labute approximate surface area is 185 Å². The van der Waals surface area contributed by atoms with E-state index in [1.165, 1.54) is 5.56 Å². The third-order valence-corrected chi connectivity index (χ3v) is 6.21. The lowest BCUT2D eigenvalue weighted by Crippen LogP contribution is -2.24. The first-order valence-electron chi connectivity index (χ1n) is 10.3. The van der Waals surface area contributed by atoms with E-state index in [4.69, 9.17) is 9.15 Å². The number of hydrogen-bond acceptors (Lipinski definition) is 6. The largest absolute Gasteiger partial charge is 0.487 e. The Balaban J connectivity index is 1.23. The van der Waals surface area contributed by atoms with Gasteiger partial charge in [0.2, 0.25) is 11.8 Å². The van der Waals surface area contributed by atoms with Crippen molar-refractivity contribution in [1.29, 1.82) is 0 Å². The molecule has 3 aromatic rings. The number of rotatable bonds is 9. The molecule has 1 aromatic heterocycles. The summed E-state index contributed by atoms with van der Waals surface area (Å²) in [6, 6.07) is 17.8. The first-order chi connectivity index (χ1) is 15.1. The van der Waals surface area contributed by atoms with E-state index in [1.54, 1.807) is 0 Å². The van der Waals surface area contributed by atoms with Crippen LogP contribution in [0.5, 0.6) is 5.75 Å². The number of nitrogens with one attached hydrogen (secondary N) is 1. The monoisotopic (exact) mass is 436 g/mol. The van der Waals surface area contributed by atoms with Crippen LogP contribution >= 0.6 is 11.8 Å². The summed E-state index contributed by atoms with van der Waals surface area (Å²) in [5.41, 5.74) is 2.95. The smallest absolute Gasteiger partial charge is 0.286 e. The van der Waals surface area contributed by atoms with Gasteiger partial charge in [-0.15, -0.1) is 0 Å². The SMILES string of the molecule is Cc1oc(-c2ccccc2)nc1COc1ccc(CCCCC2SC(=O)NC2=O)cc1. The molecule has 1 N–H and O–H groups in total. The zero-order valence-corrected chi connectivity index (χ0v) is 18.1. The van der Waals surface area contributed by atoms with E-state index in [-0.39, 0.29) is 16.4 Å². The number of unbranched alkanes of at least 4 members (excludes halogenated alkanes) is 1. The Hall–Kier alpha value is -3.06. The fourth-order valence-corrected chi connectivity index (χ4v) is 4.28. The van der Waals surface area contributed by atoms with Crippen molar-refractivity contribution in [2.75, 3.05) is 0 Å². The van der Waals surface area contributed by atoms with Crippen molar-refractivity contribution >= 4 is 22.9 Å². The Morgan fingerprint density at radius 2 is 1.84 bits per heavy atom. The average Bonchev–Trinajstić information content (AvgIpc) is 3.32.